The standard InChI is InChI=1S/C13H10N6/c1-18-7-6-11(16-18)12-15-13-9-4-2-3-5-10(9)14-8-19(13)17-12/h2-8H,1H3. The molecule has 0 spiro atoms. The Kier molecular flexibility index (Phi) is 1.94. The van der Waals surface area contributed by atoms with E-state index >= 15 is 0 Å². The van der Waals surface area contributed by atoms with Gasteiger partial charge in [-0.05, 0) is 18.2 Å². The third-order valence-corrected chi connectivity index (χ3v) is 3.03. The van der Waals surface area contributed by atoms with Gasteiger partial charge in [-0.2, -0.15) is 5.10 Å². The quantitative estimate of drug-likeness (QED) is 0.515. The molecule has 0 unspecified atom stereocenters. The topological polar surface area (TPSA) is 60.9 Å². The van der Waals surface area contributed by atoms with Crippen molar-refractivity contribution in [3.05, 3.63) is 42.9 Å². The van der Waals surface area contributed by atoms with Gasteiger partial charge in [-0.25, -0.2) is 14.5 Å². The highest BCUT2D eigenvalue weighted by molar-refractivity contribution is 5.91. The van der Waals surface area contributed by atoms with Crippen LogP contribution in [0.3, 0.4) is 0 Å². The van der Waals surface area contributed by atoms with Gasteiger partial charge in [0.1, 0.15) is 12.0 Å². The minimum atomic E-state index is 0.610. The molecule has 0 saturated carbocycles. The minimum Gasteiger partial charge on any atom is -0.275 e. The fraction of sp³-hybridized carbons (Fsp3) is 0.0769. The molecular formula is C13H10N6. The number of nitrogens with zero attached hydrogens (tertiary/aromatic N) is 6. The number of aryl methyl sites for hydroxylation is 1. The fourth-order valence-corrected chi connectivity index (χ4v) is 2.12. The Bertz CT molecular complexity index is 888. The average molecular weight is 250 g/mol. The molecule has 4 aromatic rings. The molecule has 0 radical (unpaired) electrons. The predicted octanol–water partition coefficient (Wildman–Crippen LogP) is 1.68. The number of rotatable bonds is 1. The maximum Gasteiger partial charge on any atom is 0.202 e. The van der Waals surface area contributed by atoms with E-state index < -0.39 is 0 Å². The molecule has 3 aromatic heterocycles. The van der Waals surface area contributed by atoms with Crippen molar-refractivity contribution in [1.29, 1.82) is 0 Å². The van der Waals surface area contributed by atoms with Gasteiger partial charge in [-0.15, -0.1) is 5.10 Å². The third kappa shape index (κ3) is 1.50. The molecule has 0 N–H and O–H groups in total. The molecule has 1 aromatic carbocycles. The largest absolute Gasteiger partial charge is 0.275 e. The first-order chi connectivity index (χ1) is 9.31. The summed E-state index contributed by atoms with van der Waals surface area (Å²) < 4.78 is 3.42. The van der Waals surface area contributed by atoms with Crippen molar-refractivity contribution < 1.29 is 0 Å². The molecule has 6 heteroatoms. The highest BCUT2D eigenvalue weighted by Gasteiger charge is 2.11. The predicted molar refractivity (Wildman–Crippen MR) is 70.5 cm³/mol. The van der Waals surface area contributed by atoms with Crippen molar-refractivity contribution in [1.82, 2.24) is 29.4 Å². The van der Waals surface area contributed by atoms with Crippen LogP contribution in [0.5, 0.6) is 0 Å². The molecule has 0 aliphatic carbocycles. The van der Waals surface area contributed by atoms with Crippen molar-refractivity contribution >= 4 is 16.6 Å². The lowest BCUT2D eigenvalue weighted by molar-refractivity contribution is 0.768. The summed E-state index contributed by atoms with van der Waals surface area (Å²) in [7, 11) is 1.87. The lowest BCUT2D eigenvalue weighted by Crippen LogP contribution is -1.91. The van der Waals surface area contributed by atoms with Gasteiger partial charge in [0.25, 0.3) is 0 Å². The molecule has 0 fully saturated rings. The Hall–Kier alpha value is -2.76. The number of fused-ring (bicyclic) bond motifs is 3. The summed E-state index contributed by atoms with van der Waals surface area (Å²) >= 11 is 0. The van der Waals surface area contributed by atoms with E-state index in [0.717, 1.165) is 22.2 Å². The fourth-order valence-electron chi connectivity index (χ4n) is 2.12. The van der Waals surface area contributed by atoms with E-state index in [1.165, 1.54) is 0 Å². The lowest BCUT2D eigenvalue weighted by Gasteiger charge is -1.96. The van der Waals surface area contributed by atoms with Gasteiger partial charge in [-0.1, -0.05) is 12.1 Å². The van der Waals surface area contributed by atoms with E-state index in [1.807, 2.05) is 43.6 Å². The van der Waals surface area contributed by atoms with Crippen molar-refractivity contribution in [2.75, 3.05) is 0 Å². The van der Waals surface area contributed by atoms with Crippen LogP contribution in [-0.2, 0) is 7.05 Å². The molecule has 6 nitrogen and oxygen atoms in total. The van der Waals surface area contributed by atoms with Gasteiger partial charge >= 0.3 is 0 Å². The lowest BCUT2D eigenvalue weighted by atomic mass is 10.2. The molecule has 0 aliphatic heterocycles. The van der Waals surface area contributed by atoms with Crippen LogP contribution in [0.2, 0.25) is 0 Å². The van der Waals surface area contributed by atoms with Gasteiger partial charge < -0.3 is 0 Å². The van der Waals surface area contributed by atoms with Crippen LogP contribution in [-0.4, -0.2) is 29.4 Å². The highest BCUT2D eigenvalue weighted by Crippen LogP contribution is 2.19. The zero-order chi connectivity index (χ0) is 12.8. The second-order valence-electron chi connectivity index (χ2n) is 4.34. The van der Waals surface area contributed by atoms with E-state index in [4.69, 9.17) is 0 Å². The van der Waals surface area contributed by atoms with Crippen molar-refractivity contribution in [3.63, 3.8) is 0 Å². The Morgan fingerprint density at radius 3 is 2.79 bits per heavy atom. The number of benzene rings is 1. The van der Waals surface area contributed by atoms with E-state index in [0.29, 0.717) is 5.82 Å². The second kappa shape index (κ2) is 3.61. The third-order valence-electron chi connectivity index (χ3n) is 3.03. The van der Waals surface area contributed by atoms with E-state index in [2.05, 4.69) is 20.2 Å². The summed E-state index contributed by atoms with van der Waals surface area (Å²) in [5.41, 5.74) is 2.47. The first-order valence-electron chi connectivity index (χ1n) is 5.91. The zero-order valence-corrected chi connectivity index (χ0v) is 10.2. The molecule has 3 heterocycles. The number of aromatic nitrogens is 6. The Labute approximate surface area is 108 Å². The first kappa shape index (κ1) is 10.2. The van der Waals surface area contributed by atoms with Gasteiger partial charge in [-0.3, -0.25) is 4.68 Å². The van der Waals surface area contributed by atoms with Gasteiger partial charge in [0.15, 0.2) is 5.65 Å². The molecule has 0 atom stereocenters. The summed E-state index contributed by atoms with van der Waals surface area (Å²) in [5.74, 6) is 0.610. The van der Waals surface area contributed by atoms with Crippen LogP contribution in [0.1, 0.15) is 0 Å². The molecule has 92 valence electrons. The van der Waals surface area contributed by atoms with Crippen molar-refractivity contribution in [3.8, 4) is 11.5 Å². The molecular weight excluding hydrogens is 240 g/mol. The van der Waals surface area contributed by atoms with Crippen LogP contribution < -0.4 is 0 Å². The first-order valence-corrected chi connectivity index (χ1v) is 5.91. The molecule has 4 rings (SSSR count). The average Bonchev–Trinajstić information content (AvgIpc) is 3.04. The van der Waals surface area contributed by atoms with Gasteiger partial charge in [0, 0.05) is 18.6 Å². The smallest absolute Gasteiger partial charge is 0.202 e. The van der Waals surface area contributed by atoms with Crippen LogP contribution in [0.15, 0.2) is 42.9 Å². The van der Waals surface area contributed by atoms with E-state index in [9.17, 15) is 0 Å². The summed E-state index contributed by atoms with van der Waals surface area (Å²) in [5, 5.41) is 9.71. The highest BCUT2D eigenvalue weighted by atomic mass is 15.3. The summed E-state index contributed by atoms with van der Waals surface area (Å²) in [4.78, 5) is 8.92. The van der Waals surface area contributed by atoms with Crippen LogP contribution in [0.4, 0.5) is 0 Å². The zero-order valence-electron chi connectivity index (χ0n) is 10.2. The van der Waals surface area contributed by atoms with Gasteiger partial charge in [0.05, 0.1) is 5.52 Å². The van der Waals surface area contributed by atoms with Gasteiger partial charge in [0.2, 0.25) is 5.82 Å². The van der Waals surface area contributed by atoms with Crippen LogP contribution in [0.25, 0.3) is 28.1 Å². The Morgan fingerprint density at radius 1 is 1.05 bits per heavy atom. The maximum absolute atomic E-state index is 4.56. The Balaban J connectivity index is 2.03. The molecule has 0 bridgehead atoms. The van der Waals surface area contributed by atoms with Crippen molar-refractivity contribution in [2.45, 2.75) is 0 Å². The SMILES string of the molecule is Cn1ccc(-c2nc3c4ccccc4ncn3n2)n1. The normalized spacial score (nSPS) is 11.4. The molecule has 0 amide bonds. The number of para-hydroxylation sites is 1. The molecule has 0 aliphatic rings. The van der Waals surface area contributed by atoms with E-state index in [-0.39, 0.29) is 0 Å². The Morgan fingerprint density at radius 2 is 1.95 bits per heavy atom. The van der Waals surface area contributed by atoms with E-state index in [1.54, 1.807) is 15.5 Å². The number of hydrogen-bond acceptors (Lipinski definition) is 4. The summed E-state index contributed by atoms with van der Waals surface area (Å²) in [6.07, 6.45) is 3.55. The molecule has 19 heavy (non-hydrogen) atoms. The molecule has 0 saturated heterocycles. The monoisotopic (exact) mass is 250 g/mol. The second-order valence-corrected chi connectivity index (χ2v) is 4.34. The maximum atomic E-state index is 4.56. The van der Waals surface area contributed by atoms with Crippen LogP contribution >= 0.6 is 0 Å². The number of hydrogen-bond donors (Lipinski definition) is 0. The minimum absolute atomic E-state index is 0.610. The summed E-state index contributed by atoms with van der Waals surface area (Å²) in [6, 6.07) is 9.78. The van der Waals surface area contributed by atoms with Crippen LogP contribution in [0, 0.1) is 0 Å². The summed E-state index contributed by atoms with van der Waals surface area (Å²) in [6.45, 7) is 0. The van der Waals surface area contributed by atoms with Crippen molar-refractivity contribution in [2.24, 2.45) is 7.05 Å².